The molecule has 0 aliphatic rings. The first-order valence-corrected chi connectivity index (χ1v) is 4.99. The van der Waals surface area contributed by atoms with Crippen molar-refractivity contribution in [2.45, 2.75) is 6.43 Å². The molecule has 0 fully saturated rings. The zero-order chi connectivity index (χ0) is 13.4. The van der Waals surface area contributed by atoms with Crippen molar-refractivity contribution in [1.29, 1.82) is 0 Å². The van der Waals surface area contributed by atoms with E-state index in [9.17, 15) is 13.6 Å². The Bertz CT molecular complexity index is 603. The lowest BCUT2D eigenvalue weighted by molar-refractivity contribution is 0.0685. The summed E-state index contributed by atoms with van der Waals surface area (Å²) in [6, 6.07) is 1.24. The minimum Gasteiger partial charge on any atom is -0.477 e. The minimum absolute atomic E-state index is 0.0749. The van der Waals surface area contributed by atoms with Crippen molar-refractivity contribution in [3.8, 4) is 11.3 Å². The fraction of sp³-hybridized carbons (Fsp3) is 0.300. The number of alkyl halides is 2. The van der Waals surface area contributed by atoms with Crippen LogP contribution < -0.4 is 0 Å². The first kappa shape index (κ1) is 12.2. The van der Waals surface area contributed by atoms with Gasteiger partial charge in [0.2, 0.25) is 0 Å². The number of nitrogens with zero attached hydrogens (tertiary/aromatic N) is 4. The molecule has 2 heterocycles. The van der Waals surface area contributed by atoms with Gasteiger partial charge in [-0.3, -0.25) is 9.36 Å². The van der Waals surface area contributed by atoms with E-state index in [4.69, 9.17) is 5.11 Å². The molecule has 0 amide bonds. The van der Waals surface area contributed by atoms with E-state index in [0.29, 0.717) is 0 Å². The number of carbonyl (C=O) groups is 1. The summed E-state index contributed by atoms with van der Waals surface area (Å²) in [7, 11) is 2.95. The molecule has 96 valence electrons. The fourth-order valence-electron chi connectivity index (χ4n) is 1.66. The summed E-state index contributed by atoms with van der Waals surface area (Å²) in [6.07, 6.45) is -1.35. The van der Waals surface area contributed by atoms with Crippen LogP contribution in [0.15, 0.2) is 12.3 Å². The molecule has 2 aromatic heterocycles. The summed E-state index contributed by atoms with van der Waals surface area (Å²) in [5, 5.41) is 16.4. The van der Waals surface area contributed by atoms with Crippen LogP contribution in [0.5, 0.6) is 0 Å². The Balaban J connectivity index is 2.55. The Labute approximate surface area is 100 Å². The Morgan fingerprint density at radius 2 is 2.06 bits per heavy atom. The number of carboxylic acid groups (broad SMARTS) is 1. The van der Waals surface area contributed by atoms with Gasteiger partial charge in [0.1, 0.15) is 11.4 Å². The van der Waals surface area contributed by atoms with E-state index >= 15 is 0 Å². The normalized spacial score (nSPS) is 11.2. The van der Waals surface area contributed by atoms with Gasteiger partial charge in [0.05, 0.1) is 5.69 Å². The number of halogens is 2. The quantitative estimate of drug-likeness (QED) is 0.902. The molecule has 0 radical (unpaired) electrons. The van der Waals surface area contributed by atoms with Crippen molar-refractivity contribution in [1.82, 2.24) is 19.6 Å². The molecule has 0 aromatic carbocycles. The van der Waals surface area contributed by atoms with Crippen molar-refractivity contribution in [2.75, 3.05) is 0 Å². The van der Waals surface area contributed by atoms with Gasteiger partial charge < -0.3 is 5.11 Å². The van der Waals surface area contributed by atoms with Crippen molar-refractivity contribution < 1.29 is 18.7 Å². The number of aryl methyl sites for hydroxylation is 2. The maximum atomic E-state index is 12.8. The second-order valence-corrected chi connectivity index (χ2v) is 3.75. The summed E-state index contributed by atoms with van der Waals surface area (Å²) in [6.45, 7) is 0. The van der Waals surface area contributed by atoms with Crippen molar-refractivity contribution in [3.63, 3.8) is 0 Å². The molecule has 0 saturated heterocycles. The lowest BCUT2D eigenvalue weighted by atomic mass is 10.2. The summed E-state index contributed by atoms with van der Waals surface area (Å²) >= 11 is 0. The number of carboxylic acids is 1. The molecular formula is C10H10F2N4O2. The molecule has 2 rings (SSSR count). The first-order chi connectivity index (χ1) is 8.40. The lowest BCUT2D eigenvalue weighted by Crippen LogP contribution is -2.04. The number of hydrogen-bond donors (Lipinski definition) is 1. The largest absolute Gasteiger partial charge is 0.477 e. The van der Waals surface area contributed by atoms with Gasteiger partial charge in [-0.25, -0.2) is 13.6 Å². The van der Waals surface area contributed by atoms with Crippen LogP contribution in [-0.4, -0.2) is 30.6 Å². The van der Waals surface area contributed by atoms with Crippen LogP contribution in [0.3, 0.4) is 0 Å². The Hall–Kier alpha value is -2.25. The summed E-state index contributed by atoms with van der Waals surface area (Å²) < 4.78 is 27.9. The van der Waals surface area contributed by atoms with E-state index in [2.05, 4.69) is 10.2 Å². The van der Waals surface area contributed by atoms with Crippen LogP contribution in [0, 0.1) is 0 Å². The highest BCUT2D eigenvalue weighted by Gasteiger charge is 2.22. The highest BCUT2D eigenvalue weighted by atomic mass is 19.3. The van der Waals surface area contributed by atoms with E-state index in [-0.39, 0.29) is 17.0 Å². The third kappa shape index (κ3) is 1.96. The summed E-state index contributed by atoms with van der Waals surface area (Å²) in [5.41, 5.74) is -0.185. The maximum Gasteiger partial charge on any atom is 0.354 e. The van der Waals surface area contributed by atoms with Gasteiger partial charge in [0.25, 0.3) is 6.43 Å². The Kier molecular flexibility index (Phi) is 2.85. The molecule has 1 N–H and O–H groups in total. The van der Waals surface area contributed by atoms with Crippen molar-refractivity contribution in [2.24, 2.45) is 14.1 Å². The van der Waals surface area contributed by atoms with Crippen molar-refractivity contribution in [3.05, 3.63) is 23.7 Å². The second kappa shape index (κ2) is 4.21. The van der Waals surface area contributed by atoms with E-state index in [1.54, 1.807) is 0 Å². The molecule has 0 aliphatic heterocycles. The predicted octanol–water partition coefficient (Wildman–Crippen LogP) is 1.46. The van der Waals surface area contributed by atoms with Crippen LogP contribution in [0.1, 0.15) is 22.6 Å². The standard InChI is InChI=1S/C10H10F2N4O2/c1-15-4-5(8(14-15)9(11)12)6-3-7(10(17)18)16(2)13-6/h3-4,9H,1-2H3,(H,17,18). The smallest absolute Gasteiger partial charge is 0.354 e. The van der Waals surface area contributed by atoms with Gasteiger partial charge in [-0.15, -0.1) is 0 Å². The second-order valence-electron chi connectivity index (χ2n) is 3.75. The first-order valence-electron chi connectivity index (χ1n) is 4.99. The van der Waals surface area contributed by atoms with Gasteiger partial charge in [-0.05, 0) is 6.07 Å². The molecule has 0 aliphatic carbocycles. The molecular weight excluding hydrogens is 246 g/mol. The van der Waals surface area contributed by atoms with Crippen molar-refractivity contribution >= 4 is 5.97 Å². The molecule has 8 heteroatoms. The molecule has 0 unspecified atom stereocenters. The Morgan fingerprint density at radius 3 is 2.56 bits per heavy atom. The SMILES string of the molecule is Cn1cc(-c2cc(C(=O)O)n(C)n2)c(C(F)F)n1. The van der Waals surface area contributed by atoms with Crippen LogP contribution in [0.4, 0.5) is 8.78 Å². The van der Waals surface area contributed by atoms with Gasteiger partial charge in [0.15, 0.2) is 0 Å². The third-order valence-electron chi connectivity index (χ3n) is 2.44. The van der Waals surface area contributed by atoms with Gasteiger partial charge >= 0.3 is 5.97 Å². The third-order valence-corrected chi connectivity index (χ3v) is 2.44. The molecule has 0 atom stereocenters. The van der Waals surface area contributed by atoms with Crippen LogP contribution >= 0.6 is 0 Å². The fourth-order valence-corrected chi connectivity index (χ4v) is 1.66. The molecule has 2 aromatic rings. The zero-order valence-electron chi connectivity index (χ0n) is 9.63. The average Bonchev–Trinajstić information content (AvgIpc) is 2.81. The van der Waals surface area contributed by atoms with Gasteiger partial charge in [0, 0.05) is 25.9 Å². The van der Waals surface area contributed by atoms with E-state index in [1.807, 2.05) is 0 Å². The van der Waals surface area contributed by atoms with Gasteiger partial charge in [-0.1, -0.05) is 0 Å². The Morgan fingerprint density at radius 1 is 1.39 bits per heavy atom. The number of hydrogen-bond acceptors (Lipinski definition) is 3. The highest BCUT2D eigenvalue weighted by Crippen LogP contribution is 2.29. The lowest BCUT2D eigenvalue weighted by Gasteiger charge is -1.96. The summed E-state index contributed by atoms with van der Waals surface area (Å²) in [4.78, 5) is 10.9. The van der Waals surface area contributed by atoms with Crippen LogP contribution in [-0.2, 0) is 14.1 Å². The molecule has 0 spiro atoms. The summed E-state index contributed by atoms with van der Waals surface area (Å²) in [5.74, 6) is -1.17. The molecule has 0 bridgehead atoms. The highest BCUT2D eigenvalue weighted by molar-refractivity contribution is 5.87. The van der Waals surface area contributed by atoms with E-state index < -0.39 is 18.1 Å². The van der Waals surface area contributed by atoms with E-state index in [0.717, 1.165) is 4.68 Å². The van der Waals surface area contributed by atoms with Gasteiger partial charge in [-0.2, -0.15) is 10.2 Å². The predicted molar refractivity (Wildman–Crippen MR) is 57.3 cm³/mol. The monoisotopic (exact) mass is 256 g/mol. The topological polar surface area (TPSA) is 72.9 Å². The number of aromatic nitrogens is 4. The number of rotatable bonds is 3. The molecule has 6 nitrogen and oxygen atoms in total. The maximum absolute atomic E-state index is 12.8. The van der Waals surface area contributed by atoms with Crippen LogP contribution in [0.25, 0.3) is 11.3 Å². The van der Waals surface area contributed by atoms with Crippen LogP contribution in [0.2, 0.25) is 0 Å². The molecule has 0 saturated carbocycles. The average molecular weight is 256 g/mol. The zero-order valence-corrected chi connectivity index (χ0v) is 9.63. The minimum atomic E-state index is -2.74. The molecule has 18 heavy (non-hydrogen) atoms. The van der Waals surface area contributed by atoms with E-state index in [1.165, 1.54) is 31.0 Å². The number of aromatic carboxylic acids is 1.